The third kappa shape index (κ3) is 6.37. The van der Waals surface area contributed by atoms with Crippen molar-refractivity contribution in [1.29, 1.82) is 0 Å². The summed E-state index contributed by atoms with van der Waals surface area (Å²) >= 11 is 0. The fraction of sp³-hybridized carbons (Fsp3) is 0.700. The molecule has 1 unspecified atom stereocenters. The molecule has 3 rings (SSSR count). The minimum atomic E-state index is 0. The quantitative estimate of drug-likeness (QED) is 0.367. The zero-order valence-electron chi connectivity index (χ0n) is 17.0. The van der Waals surface area contributed by atoms with Gasteiger partial charge in [0.2, 0.25) is 5.91 Å². The Morgan fingerprint density at radius 3 is 2.54 bits per heavy atom. The molecule has 0 spiro atoms. The number of carbonyl (C=O) groups excluding carboxylic acids is 1. The van der Waals surface area contributed by atoms with Gasteiger partial charge in [0.05, 0.1) is 12.3 Å². The molecule has 7 nitrogen and oxygen atoms in total. The predicted molar refractivity (Wildman–Crippen MR) is 122 cm³/mol. The number of aliphatic imine (C=N–C) groups is 1. The van der Waals surface area contributed by atoms with Gasteiger partial charge in [-0.15, -0.1) is 24.0 Å². The van der Waals surface area contributed by atoms with Crippen LogP contribution in [-0.4, -0.2) is 67.5 Å². The standard InChI is InChI=1S/C20H33N5O2.HI/c1-16(26)24-12-8-17(9-13-24)23-20(21-2)22-15-18(19-7-6-14-27-19)25-10-4-3-5-11-25;/h6-7,14,17-18H,3-5,8-13,15H2,1-2H3,(H2,21,22,23);1H. The topological polar surface area (TPSA) is 73.1 Å². The summed E-state index contributed by atoms with van der Waals surface area (Å²) in [5.74, 6) is 2.00. The maximum absolute atomic E-state index is 11.5. The van der Waals surface area contributed by atoms with Crippen LogP contribution in [0.4, 0.5) is 0 Å². The Bertz CT molecular complexity index is 608. The molecule has 1 aromatic rings. The summed E-state index contributed by atoms with van der Waals surface area (Å²) < 4.78 is 5.72. The molecule has 0 bridgehead atoms. The van der Waals surface area contributed by atoms with E-state index in [1.54, 1.807) is 13.2 Å². The molecule has 3 heterocycles. The lowest BCUT2D eigenvalue weighted by molar-refractivity contribution is -0.129. The first-order chi connectivity index (χ1) is 13.2. The fourth-order valence-electron chi connectivity index (χ4n) is 4.04. The van der Waals surface area contributed by atoms with Crippen LogP contribution in [0.25, 0.3) is 0 Å². The predicted octanol–water partition coefficient (Wildman–Crippen LogP) is 2.60. The molecule has 8 heteroatoms. The van der Waals surface area contributed by atoms with E-state index >= 15 is 0 Å². The second-order valence-corrected chi connectivity index (χ2v) is 7.51. The molecule has 0 saturated carbocycles. The van der Waals surface area contributed by atoms with Gasteiger partial charge in [0.25, 0.3) is 0 Å². The second-order valence-electron chi connectivity index (χ2n) is 7.51. The first kappa shape index (κ1) is 23.0. The number of nitrogens with zero attached hydrogens (tertiary/aromatic N) is 3. The van der Waals surface area contributed by atoms with Crippen molar-refractivity contribution in [2.45, 2.75) is 51.1 Å². The number of hydrogen-bond donors (Lipinski definition) is 2. The number of carbonyl (C=O) groups is 1. The van der Waals surface area contributed by atoms with Gasteiger partial charge in [-0.2, -0.15) is 0 Å². The van der Waals surface area contributed by atoms with Crippen LogP contribution in [-0.2, 0) is 4.79 Å². The van der Waals surface area contributed by atoms with Crippen LogP contribution in [0, 0.1) is 0 Å². The van der Waals surface area contributed by atoms with Crippen LogP contribution in [0.2, 0.25) is 0 Å². The molecule has 28 heavy (non-hydrogen) atoms. The first-order valence-corrected chi connectivity index (χ1v) is 10.2. The van der Waals surface area contributed by atoms with Crippen molar-refractivity contribution in [3.8, 4) is 0 Å². The van der Waals surface area contributed by atoms with E-state index in [4.69, 9.17) is 4.42 Å². The zero-order chi connectivity index (χ0) is 19.1. The molecule has 158 valence electrons. The molecule has 1 aromatic heterocycles. The maximum Gasteiger partial charge on any atom is 0.219 e. The van der Waals surface area contributed by atoms with Crippen molar-refractivity contribution in [2.75, 3.05) is 39.8 Å². The van der Waals surface area contributed by atoms with E-state index in [1.165, 1.54) is 19.3 Å². The number of halogens is 1. The molecule has 2 aliphatic rings. The second kappa shape index (κ2) is 11.6. The summed E-state index contributed by atoms with van der Waals surface area (Å²) in [7, 11) is 1.81. The summed E-state index contributed by atoms with van der Waals surface area (Å²) in [5.41, 5.74) is 0. The minimum Gasteiger partial charge on any atom is -0.468 e. The van der Waals surface area contributed by atoms with E-state index in [0.717, 1.165) is 57.3 Å². The Morgan fingerprint density at radius 2 is 1.96 bits per heavy atom. The molecule has 0 aromatic carbocycles. The summed E-state index contributed by atoms with van der Waals surface area (Å²) in [6.07, 6.45) is 7.47. The fourth-order valence-corrected chi connectivity index (χ4v) is 4.04. The van der Waals surface area contributed by atoms with Crippen LogP contribution < -0.4 is 10.6 Å². The van der Waals surface area contributed by atoms with E-state index in [1.807, 2.05) is 18.0 Å². The lowest BCUT2D eigenvalue weighted by atomic mass is 10.1. The number of likely N-dealkylation sites (tertiary alicyclic amines) is 2. The van der Waals surface area contributed by atoms with Crippen molar-refractivity contribution < 1.29 is 9.21 Å². The highest BCUT2D eigenvalue weighted by atomic mass is 127. The van der Waals surface area contributed by atoms with Gasteiger partial charge in [0.1, 0.15) is 5.76 Å². The Morgan fingerprint density at radius 1 is 1.25 bits per heavy atom. The monoisotopic (exact) mass is 503 g/mol. The lowest BCUT2D eigenvalue weighted by Crippen LogP contribution is -2.51. The molecule has 1 atom stereocenters. The Balaban J connectivity index is 0.00000280. The number of amides is 1. The van der Waals surface area contributed by atoms with Crippen molar-refractivity contribution in [1.82, 2.24) is 20.4 Å². The van der Waals surface area contributed by atoms with Crippen LogP contribution in [0.1, 0.15) is 50.8 Å². The molecule has 0 aliphatic carbocycles. The Hall–Kier alpha value is -1.29. The van der Waals surface area contributed by atoms with Gasteiger partial charge < -0.3 is 20.0 Å². The van der Waals surface area contributed by atoms with Crippen molar-refractivity contribution in [3.05, 3.63) is 24.2 Å². The average molecular weight is 503 g/mol. The number of hydrogen-bond acceptors (Lipinski definition) is 4. The maximum atomic E-state index is 11.5. The summed E-state index contributed by atoms with van der Waals surface area (Å²) in [6, 6.07) is 4.60. The van der Waals surface area contributed by atoms with Crippen molar-refractivity contribution in [3.63, 3.8) is 0 Å². The molecule has 2 fully saturated rings. The zero-order valence-corrected chi connectivity index (χ0v) is 19.4. The van der Waals surface area contributed by atoms with Gasteiger partial charge in [0.15, 0.2) is 5.96 Å². The minimum absolute atomic E-state index is 0. The van der Waals surface area contributed by atoms with Gasteiger partial charge in [-0.3, -0.25) is 14.7 Å². The molecular weight excluding hydrogens is 469 g/mol. The third-order valence-electron chi connectivity index (χ3n) is 5.67. The van der Waals surface area contributed by atoms with Gasteiger partial charge in [-0.05, 0) is 50.9 Å². The van der Waals surface area contributed by atoms with Crippen LogP contribution in [0.3, 0.4) is 0 Å². The Labute approximate surface area is 185 Å². The number of guanidine groups is 1. The first-order valence-electron chi connectivity index (χ1n) is 10.2. The molecule has 2 aliphatic heterocycles. The average Bonchev–Trinajstić information content (AvgIpc) is 3.23. The normalized spacial score (nSPS) is 20.4. The van der Waals surface area contributed by atoms with Gasteiger partial charge in [0, 0.05) is 39.6 Å². The summed E-state index contributed by atoms with van der Waals surface area (Å²) in [5, 5.41) is 7.01. The van der Waals surface area contributed by atoms with Crippen molar-refractivity contribution >= 4 is 35.8 Å². The van der Waals surface area contributed by atoms with Gasteiger partial charge in [-0.25, -0.2) is 0 Å². The van der Waals surface area contributed by atoms with E-state index in [2.05, 4.69) is 26.6 Å². The molecular formula is C20H34IN5O2. The summed E-state index contributed by atoms with van der Waals surface area (Å²) in [6.45, 7) is 6.26. The molecule has 0 radical (unpaired) electrons. The smallest absolute Gasteiger partial charge is 0.219 e. The number of furan rings is 1. The highest BCUT2D eigenvalue weighted by molar-refractivity contribution is 14.0. The van der Waals surface area contributed by atoms with E-state index in [9.17, 15) is 4.79 Å². The molecule has 2 saturated heterocycles. The van der Waals surface area contributed by atoms with Crippen LogP contribution >= 0.6 is 24.0 Å². The number of piperidine rings is 2. The van der Waals surface area contributed by atoms with Gasteiger partial charge in [-0.1, -0.05) is 6.42 Å². The van der Waals surface area contributed by atoms with E-state index in [-0.39, 0.29) is 35.9 Å². The molecule has 1 amide bonds. The Kier molecular flexibility index (Phi) is 9.57. The lowest BCUT2D eigenvalue weighted by Gasteiger charge is -2.35. The molecule has 2 N–H and O–H groups in total. The third-order valence-corrected chi connectivity index (χ3v) is 5.67. The van der Waals surface area contributed by atoms with Crippen LogP contribution in [0.15, 0.2) is 27.8 Å². The highest BCUT2D eigenvalue weighted by Gasteiger charge is 2.25. The number of nitrogens with one attached hydrogen (secondary N) is 2. The van der Waals surface area contributed by atoms with E-state index < -0.39 is 0 Å². The van der Waals surface area contributed by atoms with Crippen LogP contribution in [0.5, 0.6) is 0 Å². The summed E-state index contributed by atoms with van der Waals surface area (Å²) in [4.78, 5) is 20.3. The SMILES string of the molecule is CN=C(NCC(c1ccco1)N1CCCCC1)NC1CCN(C(C)=O)CC1.I. The number of rotatable bonds is 5. The highest BCUT2D eigenvalue weighted by Crippen LogP contribution is 2.24. The van der Waals surface area contributed by atoms with E-state index in [0.29, 0.717) is 6.04 Å². The van der Waals surface area contributed by atoms with Gasteiger partial charge >= 0.3 is 0 Å². The van der Waals surface area contributed by atoms with Crippen molar-refractivity contribution in [2.24, 2.45) is 4.99 Å². The largest absolute Gasteiger partial charge is 0.468 e.